The molecule has 1 heterocycles. The lowest BCUT2D eigenvalue weighted by molar-refractivity contribution is -0.185. The smallest absolute Gasteiger partial charge is 0.306 e. The maximum atomic E-state index is 12.1. The molecule has 0 bridgehead atoms. The summed E-state index contributed by atoms with van der Waals surface area (Å²) in [5.74, 6) is -3.25. The topological polar surface area (TPSA) is 153 Å². The highest BCUT2D eigenvalue weighted by Gasteiger charge is 2.48. The normalized spacial score (nSPS) is 22.1. The van der Waals surface area contributed by atoms with Crippen molar-refractivity contribution in [3.8, 4) is 0 Å². The summed E-state index contributed by atoms with van der Waals surface area (Å²) in [7, 11) is 0. The second kappa shape index (κ2) is 18.0. The number of rotatable bonds is 15. The predicted octanol–water partition coefficient (Wildman–Crippen LogP) is 2.60. The molecule has 12 nitrogen and oxygen atoms in total. The van der Waals surface area contributed by atoms with E-state index < -0.39 is 54.3 Å². The molecule has 228 valence electrons. The second-order valence-corrected chi connectivity index (χ2v) is 9.82. The van der Waals surface area contributed by atoms with Gasteiger partial charge in [-0.2, -0.15) is 0 Å². The van der Waals surface area contributed by atoms with Crippen LogP contribution in [-0.2, 0) is 59.0 Å². The number of carbonyl (C=O) groups is 5. The first-order valence-corrected chi connectivity index (χ1v) is 13.7. The lowest BCUT2D eigenvalue weighted by Crippen LogP contribution is -2.57. The van der Waals surface area contributed by atoms with E-state index >= 15 is 0 Å². The molecule has 1 N–H and O–H groups in total. The molecule has 1 aromatic carbocycles. The van der Waals surface area contributed by atoms with Gasteiger partial charge in [0.15, 0.2) is 12.4 Å². The minimum absolute atomic E-state index is 0.0607. The monoisotopic (exact) mass is 579 g/mol. The molecule has 1 aliphatic rings. The largest absolute Gasteiger partial charge is 0.465 e. The van der Waals surface area contributed by atoms with Gasteiger partial charge in [-0.15, -0.1) is 0 Å². The third-order valence-electron chi connectivity index (χ3n) is 6.18. The van der Waals surface area contributed by atoms with Crippen LogP contribution in [0.3, 0.4) is 0 Å². The fraction of sp³-hybridized carbons (Fsp3) is 0.621. The molecule has 1 fully saturated rings. The second-order valence-electron chi connectivity index (χ2n) is 9.82. The van der Waals surface area contributed by atoms with Crippen molar-refractivity contribution in [1.29, 1.82) is 0 Å². The molecule has 0 aromatic heterocycles. The molecule has 1 amide bonds. The van der Waals surface area contributed by atoms with Crippen LogP contribution < -0.4 is 5.32 Å². The van der Waals surface area contributed by atoms with Crippen LogP contribution in [0.4, 0.5) is 0 Å². The molecule has 0 aliphatic carbocycles. The Morgan fingerprint density at radius 2 is 1.49 bits per heavy atom. The van der Waals surface area contributed by atoms with Crippen LogP contribution in [0.25, 0.3) is 0 Å². The van der Waals surface area contributed by atoms with Gasteiger partial charge in [-0.3, -0.25) is 24.0 Å². The summed E-state index contributed by atoms with van der Waals surface area (Å²) in [6.07, 6.45) is -0.140. The van der Waals surface area contributed by atoms with Gasteiger partial charge in [-0.05, 0) is 18.4 Å². The van der Waals surface area contributed by atoms with E-state index in [1.54, 1.807) is 0 Å². The fourth-order valence-corrected chi connectivity index (χ4v) is 4.37. The Labute approximate surface area is 240 Å². The quantitative estimate of drug-likeness (QED) is 0.185. The van der Waals surface area contributed by atoms with Gasteiger partial charge < -0.3 is 33.7 Å². The maximum absolute atomic E-state index is 12.1. The van der Waals surface area contributed by atoms with E-state index in [-0.39, 0.29) is 32.4 Å². The molecule has 1 aliphatic heterocycles. The molecular weight excluding hydrogens is 538 g/mol. The Hall–Kier alpha value is -3.51. The summed E-state index contributed by atoms with van der Waals surface area (Å²) in [5.41, 5.74) is 0.934. The number of ether oxygens (including phenoxy) is 6. The molecule has 0 spiro atoms. The first-order valence-electron chi connectivity index (χ1n) is 13.7. The highest BCUT2D eigenvalue weighted by molar-refractivity contribution is 5.73. The van der Waals surface area contributed by atoms with E-state index in [1.807, 2.05) is 30.3 Å². The number of carbonyl (C=O) groups excluding carboxylic acids is 5. The van der Waals surface area contributed by atoms with Crippen LogP contribution in [0.1, 0.15) is 65.4 Å². The Kier molecular flexibility index (Phi) is 14.8. The zero-order chi connectivity index (χ0) is 30.2. The third-order valence-corrected chi connectivity index (χ3v) is 6.18. The number of hydrogen-bond donors (Lipinski definition) is 1. The number of benzene rings is 1. The number of esters is 4. The van der Waals surface area contributed by atoms with Crippen molar-refractivity contribution in [3.63, 3.8) is 0 Å². The van der Waals surface area contributed by atoms with E-state index in [0.29, 0.717) is 19.3 Å². The van der Waals surface area contributed by atoms with Gasteiger partial charge in [0.2, 0.25) is 5.91 Å². The first kappa shape index (κ1) is 33.7. The van der Waals surface area contributed by atoms with Crippen LogP contribution in [0.5, 0.6) is 0 Å². The molecule has 12 heteroatoms. The van der Waals surface area contributed by atoms with E-state index in [4.69, 9.17) is 28.4 Å². The van der Waals surface area contributed by atoms with Gasteiger partial charge in [-0.1, -0.05) is 43.2 Å². The molecule has 5 atom stereocenters. The van der Waals surface area contributed by atoms with Crippen molar-refractivity contribution in [2.75, 3.05) is 19.8 Å². The van der Waals surface area contributed by atoms with Crippen molar-refractivity contribution in [2.24, 2.45) is 5.92 Å². The van der Waals surface area contributed by atoms with E-state index in [0.717, 1.165) is 18.4 Å². The van der Waals surface area contributed by atoms with Crippen molar-refractivity contribution >= 4 is 29.8 Å². The zero-order valence-electron chi connectivity index (χ0n) is 24.1. The molecular formula is C29H41NO11. The molecule has 0 saturated carbocycles. The van der Waals surface area contributed by atoms with Crippen molar-refractivity contribution in [2.45, 2.75) is 90.9 Å². The Balaban J connectivity index is 1.94. The Bertz CT molecular complexity index is 1000. The zero-order valence-corrected chi connectivity index (χ0v) is 24.1. The molecule has 0 unspecified atom stereocenters. The summed E-state index contributed by atoms with van der Waals surface area (Å²) in [6.45, 7) is 5.18. The molecule has 0 radical (unpaired) electrons. The van der Waals surface area contributed by atoms with Gasteiger partial charge in [0.1, 0.15) is 18.8 Å². The van der Waals surface area contributed by atoms with Crippen LogP contribution in [0.2, 0.25) is 0 Å². The summed E-state index contributed by atoms with van der Waals surface area (Å²) < 4.78 is 33.3. The number of unbranched alkanes of at least 4 members (excludes halogenated alkanes) is 3. The molecule has 1 aromatic rings. The Morgan fingerprint density at radius 1 is 0.829 bits per heavy atom. The van der Waals surface area contributed by atoms with Crippen LogP contribution in [-0.4, -0.2) is 74.1 Å². The van der Waals surface area contributed by atoms with E-state index in [9.17, 15) is 24.0 Å². The van der Waals surface area contributed by atoms with Gasteiger partial charge >= 0.3 is 23.9 Å². The van der Waals surface area contributed by atoms with E-state index in [1.165, 1.54) is 27.7 Å². The SMILES string of the molecule is CC(=O)N[C@H]1[C@H](OCCCCCCC(=O)OCc2ccccc2)OC[C@H](COC(C)=O)[C@@H](OC(C)=O)[C@@H]1OC(C)=O. The minimum Gasteiger partial charge on any atom is -0.465 e. The van der Waals surface area contributed by atoms with Gasteiger partial charge in [0.05, 0.1) is 19.1 Å². The number of amides is 1. The van der Waals surface area contributed by atoms with Crippen molar-refractivity contribution in [3.05, 3.63) is 35.9 Å². The highest BCUT2D eigenvalue weighted by atomic mass is 16.7. The third kappa shape index (κ3) is 13.1. The standard InChI is InChI=1S/C29H41NO11/c1-19(31)30-26-28(41-22(4)34)27(40-21(3)33)24(17-37-20(2)32)18-39-29(26)36-15-11-6-5-10-14-25(35)38-16-23-12-8-7-9-13-23/h7-9,12-13,24,26-29H,5-6,10-11,14-18H2,1-4H3,(H,30,31)/t24-,26+,27+,28+,29+/m0/s1. The summed E-state index contributed by atoms with van der Waals surface area (Å²) in [4.78, 5) is 59.5. The minimum atomic E-state index is -1.17. The summed E-state index contributed by atoms with van der Waals surface area (Å²) in [5, 5.41) is 2.70. The van der Waals surface area contributed by atoms with Crippen LogP contribution in [0, 0.1) is 5.92 Å². The summed E-state index contributed by atoms with van der Waals surface area (Å²) in [6, 6.07) is 8.46. The maximum Gasteiger partial charge on any atom is 0.306 e. The average Bonchev–Trinajstić information content (AvgIpc) is 3.02. The number of nitrogens with one attached hydrogen (secondary N) is 1. The predicted molar refractivity (Wildman–Crippen MR) is 144 cm³/mol. The Morgan fingerprint density at radius 3 is 2.12 bits per heavy atom. The molecule has 1 saturated heterocycles. The average molecular weight is 580 g/mol. The lowest BCUT2D eigenvalue weighted by atomic mass is 9.95. The molecule has 2 rings (SSSR count). The van der Waals surface area contributed by atoms with Gasteiger partial charge in [0.25, 0.3) is 0 Å². The fourth-order valence-electron chi connectivity index (χ4n) is 4.37. The van der Waals surface area contributed by atoms with Gasteiger partial charge in [-0.25, -0.2) is 0 Å². The van der Waals surface area contributed by atoms with Gasteiger partial charge in [0, 0.05) is 40.7 Å². The lowest BCUT2D eigenvalue weighted by Gasteiger charge is -2.34. The van der Waals surface area contributed by atoms with Crippen LogP contribution >= 0.6 is 0 Å². The van der Waals surface area contributed by atoms with Crippen LogP contribution in [0.15, 0.2) is 30.3 Å². The number of hydrogen-bond acceptors (Lipinski definition) is 11. The highest BCUT2D eigenvalue weighted by Crippen LogP contribution is 2.27. The van der Waals surface area contributed by atoms with Crippen molar-refractivity contribution < 1.29 is 52.4 Å². The molecule has 41 heavy (non-hydrogen) atoms. The summed E-state index contributed by atoms with van der Waals surface area (Å²) >= 11 is 0. The van der Waals surface area contributed by atoms with E-state index in [2.05, 4.69) is 5.32 Å². The van der Waals surface area contributed by atoms with Crippen molar-refractivity contribution in [1.82, 2.24) is 5.32 Å². The first-order chi connectivity index (χ1) is 19.6.